The van der Waals surface area contributed by atoms with Gasteiger partial charge in [-0.3, -0.25) is 14.3 Å². The molecular formula is C21H27N5O2. The van der Waals surface area contributed by atoms with E-state index in [1.165, 1.54) is 5.56 Å². The smallest absolute Gasteiger partial charge is 0.244 e. The second-order valence-electron chi connectivity index (χ2n) is 7.64. The van der Waals surface area contributed by atoms with Crippen LogP contribution < -0.4 is 10.2 Å². The Labute approximate surface area is 165 Å². The number of hydrogen-bond acceptors (Lipinski definition) is 4. The molecule has 1 aromatic carbocycles. The van der Waals surface area contributed by atoms with Gasteiger partial charge in [-0.15, -0.1) is 0 Å². The number of nitrogens with zero attached hydrogens (tertiary/aromatic N) is 4. The Balaban J connectivity index is 1.38. The van der Waals surface area contributed by atoms with E-state index < -0.39 is 6.04 Å². The summed E-state index contributed by atoms with van der Waals surface area (Å²) in [6, 6.07) is 7.75. The zero-order valence-electron chi connectivity index (χ0n) is 16.5. The maximum atomic E-state index is 13.1. The molecule has 0 radical (unpaired) electrons. The Hall–Kier alpha value is -2.67. The maximum Gasteiger partial charge on any atom is 0.244 e. The lowest BCUT2D eigenvalue weighted by Crippen LogP contribution is -2.47. The number of fused-ring (bicyclic) bond motifs is 1. The van der Waals surface area contributed by atoms with Gasteiger partial charge in [0.2, 0.25) is 11.8 Å². The van der Waals surface area contributed by atoms with Gasteiger partial charge in [0.05, 0.1) is 6.20 Å². The number of benzene rings is 1. The van der Waals surface area contributed by atoms with E-state index in [0.29, 0.717) is 25.9 Å². The van der Waals surface area contributed by atoms with Gasteiger partial charge in [-0.05, 0) is 37.9 Å². The van der Waals surface area contributed by atoms with Gasteiger partial charge in [-0.25, -0.2) is 0 Å². The first-order valence-corrected chi connectivity index (χ1v) is 9.92. The third-order valence-corrected chi connectivity index (χ3v) is 5.90. The number of rotatable bonds is 4. The number of aryl methyl sites for hydroxylation is 1. The van der Waals surface area contributed by atoms with Crippen molar-refractivity contribution in [3.05, 3.63) is 47.8 Å². The third kappa shape index (κ3) is 3.42. The summed E-state index contributed by atoms with van der Waals surface area (Å²) >= 11 is 0. The van der Waals surface area contributed by atoms with Crippen LogP contribution in [0.4, 0.5) is 5.69 Å². The van der Waals surface area contributed by atoms with Crippen LogP contribution >= 0.6 is 0 Å². The minimum absolute atomic E-state index is 0.0124. The van der Waals surface area contributed by atoms with Gasteiger partial charge < -0.3 is 15.1 Å². The van der Waals surface area contributed by atoms with Crippen LogP contribution in [0.3, 0.4) is 0 Å². The number of carbonyl (C=O) groups is 2. The lowest BCUT2D eigenvalue weighted by molar-refractivity contribution is -0.136. The average molecular weight is 381 g/mol. The highest BCUT2D eigenvalue weighted by atomic mass is 16.2. The van der Waals surface area contributed by atoms with Crippen molar-refractivity contribution in [3.63, 3.8) is 0 Å². The summed E-state index contributed by atoms with van der Waals surface area (Å²) in [4.78, 5) is 29.8. The number of anilines is 1. The summed E-state index contributed by atoms with van der Waals surface area (Å²) in [7, 11) is 3.63. The number of likely N-dealkylation sites (tertiary alicyclic amines) is 1. The molecule has 1 atom stereocenters. The molecule has 0 aliphatic carbocycles. The van der Waals surface area contributed by atoms with Crippen molar-refractivity contribution in [2.45, 2.75) is 25.3 Å². The van der Waals surface area contributed by atoms with Crippen molar-refractivity contribution in [1.29, 1.82) is 0 Å². The van der Waals surface area contributed by atoms with Gasteiger partial charge in [0.15, 0.2) is 0 Å². The number of amides is 2. The molecule has 3 heterocycles. The van der Waals surface area contributed by atoms with Crippen molar-refractivity contribution < 1.29 is 9.59 Å². The molecule has 7 nitrogen and oxygen atoms in total. The molecule has 1 N–H and O–H groups in total. The Morgan fingerprint density at radius 2 is 1.93 bits per heavy atom. The van der Waals surface area contributed by atoms with Crippen LogP contribution in [0, 0.1) is 5.92 Å². The average Bonchev–Trinajstić information content (AvgIpc) is 3.34. The molecule has 1 aromatic heterocycles. The molecule has 0 saturated carbocycles. The van der Waals surface area contributed by atoms with Crippen LogP contribution in [0.25, 0.3) is 0 Å². The molecule has 1 fully saturated rings. The number of likely N-dealkylation sites (N-methyl/N-ethyl adjacent to an activating group) is 1. The van der Waals surface area contributed by atoms with E-state index in [4.69, 9.17) is 0 Å². The van der Waals surface area contributed by atoms with Crippen LogP contribution in [0.5, 0.6) is 0 Å². The molecule has 2 aromatic rings. The van der Waals surface area contributed by atoms with Crippen LogP contribution in [0.2, 0.25) is 0 Å². The van der Waals surface area contributed by atoms with E-state index in [0.717, 1.165) is 24.2 Å². The van der Waals surface area contributed by atoms with Crippen LogP contribution in [0.15, 0.2) is 36.7 Å². The quantitative estimate of drug-likeness (QED) is 0.872. The number of para-hydroxylation sites is 1. The molecule has 1 unspecified atom stereocenters. The molecule has 2 aliphatic rings. The number of piperidine rings is 1. The first-order chi connectivity index (χ1) is 13.6. The maximum absolute atomic E-state index is 13.1. The molecule has 148 valence electrons. The summed E-state index contributed by atoms with van der Waals surface area (Å²) in [5.74, 6) is 0.240. The second kappa shape index (κ2) is 7.75. The fraction of sp³-hybridized carbons (Fsp3) is 0.476. The predicted molar refractivity (Wildman–Crippen MR) is 107 cm³/mol. The summed E-state index contributed by atoms with van der Waals surface area (Å²) in [6.07, 6.45) is 5.94. The van der Waals surface area contributed by atoms with Crippen LogP contribution in [0.1, 0.15) is 30.0 Å². The Kier molecular flexibility index (Phi) is 5.17. The van der Waals surface area contributed by atoms with Gasteiger partial charge in [0.1, 0.15) is 6.04 Å². The normalized spacial score (nSPS) is 18.2. The van der Waals surface area contributed by atoms with E-state index in [9.17, 15) is 9.59 Å². The molecule has 1 saturated heterocycles. The standard InChI is InChI=1S/C21H27N5O2/c1-22-19(17-13-23-24(2)14-17)21(28)25-10-7-16(8-11-25)20(27)26-12-9-15-5-3-4-6-18(15)26/h3-6,13-14,16,19,22H,7-12H2,1-2H3. The highest BCUT2D eigenvalue weighted by Gasteiger charge is 2.35. The Bertz CT molecular complexity index is 869. The van der Waals surface area contributed by atoms with Gasteiger partial charge in [-0.2, -0.15) is 5.10 Å². The molecule has 4 rings (SSSR count). The summed E-state index contributed by atoms with van der Waals surface area (Å²) < 4.78 is 1.70. The number of aromatic nitrogens is 2. The fourth-order valence-electron chi connectivity index (χ4n) is 4.34. The Morgan fingerprint density at radius 1 is 1.18 bits per heavy atom. The van der Waals surface area contributed by atoms with Gasteiger partial charge >= 0.3 is 0 Å². The molecule has 0 bridgehead atoms. The molecular weight excluding hydrogens is 354 g/mol. The Morgan fingerprint density at radius 3 is 2.61 bits per heavy atom. The van der Waals surface area contributed by atoms with Gasteiger partial charge in [0, 0.05) is 50.0 Å². The minimum atomic E-state index is -0.397. The van der Waals surface area contributed by atoms with E-state index in [1.807, 2.05) is 41.2 Å². The van der Waals surface area contributed by atoms with Crippen molar-refractivity contribution >= 4 is 17.5 Å². The zero-order chi connectivity index (χ0) is 19.7. The van der Waals surface area contributed by atoms with E-state index in [-0.39, 0.29) is 17.7 Å². The molecule has 2 amide bonds. The highest BCUT2D eigenvalue weighted by Crippen LogP contribution is 2.31. The first-order valence-electron chi connectivity index (χ1n) is 9.92. The highest BCUT2D eigenvalue weighted by molar-refractivity contribution is 5.97. The largest absolute Gasteiger partial charge is 0.341 e. The first kappa shape index (κ1) is 18.7. The number of hydrogen-bond donors (Lipinski definition) is 1. The summed E-state index contributed by atoms with van der Waals surface area (Å²) in [5, 5.41) is 7.27. The van der Waals surface area contributed by atoms with Gasteiger partial charge in [0.25, 0.3) is 0 Å². The van der Waals surface area contributed by atoms with Crippen molar-refractivity contribution in [2.75, 3.05) is 31.6 Å². The molecule has 2 aliphatic heterocycles. The lowest BCUT2D eigenvalue weighted by atomic mass is 9.94. The molecule has 28 heavy (non-hydrogen) atoms. The SMILES string of the molecule is CNC(C(=O)N1CCC(C(=O)N2CCc3ccccc32)CC1)c1cnn(C)c1. The lowest BCUT2D eigenvalue weighted by Gasteiger charge is -2.35. The van der Waals surface area contributed by atoms with E-state index >= 15 is 0 Å². The predicted octanol–water partition coefficient (Wildman–Crippen LogP) is 1.51. The minimum Gasteiger partial charge on any atom is -0.341 e. The number of carbonyl (C=O) groups excluding carboxylic acids is 2. The summed E-state index contributed by atoms with van der Waals surface area (Å²) in [5.41, 5.74) is 3.16. The fourth-order valence-corrected chi connectivity index (χ4v) is 4.34. The number of nitrogens with one attached hydrogen (secondary N) is 1. The molecule has 7 heteroatoms. The van der Waals surface area contributed by atoms with E-state index in [2.05, 4.69) is 16.5 Å². The van der Waals surface area contributed by atoms with Gasteiger partial charge in [-0.1, -0.05) is 18.2 Å². The second-order valence-corrected chi connectivity index (χ2v) is 7.64. The van der Waals surface area contributed by atoms with Crippen molar-refractivity contribution in [2.24, 2.45) is 13.0 Å². The zero-order valence-corrected chi connectivity index (χ0v) is 16.5. The van der Waals surface area contributed by atoms with Crippen molar-refractivity contribution in [3.8, 4) is 0 Å². The molecule has 0 spiro atoms. The van der Waals surface area contributed by atoms with Crippen molar-refractivity contribution in [1.82, 2.24) is 20.0 Å². The van der Waals surface area contributed by atoms with Crippen LogP contribution in [-0.2, 0) is 23.1 Å². The third-order valence-electron chi connectivity index (χ3n) is 5.90. The summed E-state index contributed by atoms with van der Waals surface area (Å²) in [6.45, 7) is 1.99. The monoisotopic (exact) mass is 381 g/mol. The van der Waals surface area contributed by atoms with Crippen LogP contribution in [-0.4, -0.2) is 53.2 Å². The topological polar surface area (TPSA) is 70.5 Å². The van der Waals surface area contributed by atoms with E-state index in [1.54, 1.807) is 17.9 Å².